The van der Waals surface area contributed by atoms with E-state index in [0.29, 0.717) is 16.9 Å². The lowest BCUT2D eigenvalue weighted by atomic mass is 10.1. The third-order valence-electron chi connectivity index (χ3n) is 3.73. The number of pyridine rings is 1. The highest BCUT2D eigenvalue weighted by Gasteiger charge is 2.10. The molecule has 0 amide bonds. The highest BCUT2D eigenvalue weighted by Crippen LogP contribution is 2.20. The average Bonchev–Trinajstić information content (AvgIpc) is 2.76. The minimum atomic E-state index is -0.224. The SMILES string of the molecule is CCc1cccnc1Cn1c(=S)[nH]c2cc(F)c(C)cc21. The van der Waals surface area contributed by atoms with Crippen molar-refractivity contribution in [3.05, 3.63) is 57.9 Å². The number of nitrogens with one attached hydrogen (secondary N) is 1. The molecule has 0 fully saturated rings. The Morgan fingerprint density at radius 3 is 2.95 bits per heavy atom. The molecule has 108 valence electrons. The predicted molar refractivity (Wildman–Crippen MR) is 84.5 cm³/mol. The Morgan fingerprint density at radius 1 is 1.38 bits per heavy atom. The van der Waals surface area contributed by atoms with Gasteiger partial charge in [0.2, 0.25) is 0 Å². The zero-order valence-electron chi connectivity index (χ0n) is 12.0. The van der Waals surface area contributed by atoms with Gasteiger partial charge in [0.05, 0.1) is 23.3 Å². The number of fused-ring (bicyclic) bond motifs is 1. The van der Waals surface area contributed by atoms with Crippen molar-refractivity contribution in [2.24, 2.45) is 0 Å². The molecule has 0 radical (unpaired) electrons. The number of aromatic nitrogens is 3. The minimum absolute atomic E-state index is 0.224. The van der Waals surface area contributed by atoms with E-state index in [1.165, 1.54) is 11.6 Å². The molecule has 0 aliphatic rings. The Bertz CT molecular complexity index is 864. The number of rotatable bonds is 3. The van der Waals surface area contributed by atoms with Crippen LogP contribution in [0.15, 0.2) is 30.5 Å². The van der Waals surface area contributed by atoms with Gasteiger partial charge in [0.25, 0.3) is 0 Å². The van der Waals surface area contributed by atoms with E-state index < -0.39 is 0 Å². The Hall–Kier alpha value is -2.01. The molecule has 0 bridgehead atoms. The van der Waals surface area contributed by atoms with Crippen molar-refractivity contribution in [3.63, 3.8) is 0 Å². The van der Waals surface area contributed by atoms with E-state index in [2.05, 4.69) is 23.0 Å². The molecule has 0 saturated heterocycles. The minimum Gasteiger partial charge on any atom is -0.330 e. The fourth-order valence-electron chi connectivity index (χ4n) is 2.52. The summed E-state index contributed by atoms with van der Waals surface area (Å²) in [4.78, 5) is 7.52. The molecular formula is C16H16FN3S. The predicted octanol–water partition coefficient (Wildman–Crippen LogP) is 4.15. The van der Waals surface area contributed by atoms with Crippen molar-refractivity contribution in [1.82, 2.24) is 14.5 Å². The maximum atomic E-state index is 13.7. The number of imidazole rings is 1. The summed E-state index contributed by atoms with van der Waals surface area (Å²) in [6.07, 6.45) is 2.71. The van der Waals surface area contributed by atoms with Crippen LogP contribution in [-0.2, 0) is 13.0 Å². The third-order valence-corrected chi connectivity index (χ3v) is 4.05. The summed E-state index contributed by atoms with van der Waals surface area (Å²) in [5.74, 6) is -0.224. The van der Waals surface area contributed by atoms with Gasteiger partial charge >= 0.3 is 0 Å². The van der Waals surface area contributed by atoms with Crippen LogP contribution in [-0.4, -0.2) is 14.5 Å². The van der Waals surface area contributed by atoms with E-state index in [1.54, 1.807) is 13.1 Å². The largest absolute Gasteiger partial charge is 0.330 e. The number of hydrogen-bond acceptors (Lipinski definition) is 2. The van der Waals surface area contributed by atoms with Gasteiger partial charge in [0.15, 0.2) is 4.77 Å². The topological polar surface area (TPSA) is 33.6 Å². The van der Waals surface area contributed by atoms with Crippen LogP contribution in [0.1, 0.15) is 23.7 Å². The van der Waals surface area contributed by atoms with E-state index in [-0.39, 0.29) is 5.82 Å². The summed E-state index contributed by atoms with van der Waals surface area (Å²) in [5.41, 5.74) is 4.44. The molecular weight excluding hydrogens is 285 g/mol. The zero-order valence-corrected chi connectivity index (χ0v) is 12.8. The van der Waals surface area contributed by atoms with Gasteiger partial charge in [-0.25, -0.2) is 4.39 Å². The van der Waals surface area contributed by atoms with Gasteiger partial charge in [0, 0.05) is 6.20 Å². The van der Waals surface area contributed by atoms with Gasteiger partial charge < -0.3 is 9.55 Å². The average molecular weight is 301 g/mol. The molecule has 3 nitrogen and oxygen atoms in total. The fraction of sp³-hybridized carbons (Fsp3) is 0.250. The maximum Gasteiger partial charge on any atom is 0.178 e. The summed E-state index contributed by atoms with van der Waals surface area (Å²) >= 11 is 5.38. The lowest BCUT2D eigenvalue weighted by Crippen LogP contribution is -2.05. The maximum absolute atomic E-state index is 13.7. The van der Waals surface area contributed by atoms with Gasteiger partial charge in [-0.3, -0.25) is 4.98 Å². The summed E-state index contributed by atoms with van der Waals surface area (Å²) in [7, 11) is 0. The number of aromatic amines is 1. The molecule has 1 N–H and O–H groups in total. The van der Waals surface area contributed by atoms with E-state index in [0.717, 1.165) is 23.1 Å². The fourth-order valence-corrected chi connectivity index (χ4v) is 2.80. The highest BCUT2D eigenvalue weighted by atomic mass is 32.1. The summed E-state index contributed by atoms with van der Waals surface area (Å²) in [5, 5.41) is 0. The molecule has 0 unspecified atom stereocenters. The Kier molecular flexibility index (Phi) is 3.59. The molecule has 0 spiro atoms. The van der Waals surface area contributed by atoms with Crippen LogP contribution in [0.5, 0.6) is 0 Å². The summed E-state index contributed by atoms with van der Waals surface area (Å²) in [6.45, 7) is 4.45. The van der Waals surface area contributed by atoms with Crippen LogP contribution in [0, 0.1) is 17.5 Å². The second-order valence-corrected chi connectivity index (χ2v) is 5.48. The second-order valence-electron chi connectivity index (χ2n) is 5.10. The Labute approximate surface area is 127 Å². The van der Waals surface area contributed by atoms with Crippen molar-refractivity contribution >= 4 is 23.3 Å². The number of nitrogens with zero attached hydrogens (tertiary/aromatic N) is 2. The number of halogens is 1. The molecule has 3 aromatic rings. The van der Waals surface area contributed by atoms with Crippen LogP contribution >= 0.6 is 12.2 Å². The van der Waals surface area contributed by atoms with Crippen LogP contribution in [0.3, 0.4) is 0 Å². The number of H-pyrrole nitrogens is 1. The molecule has 2 aromatic heterocycles. The van der Waals surface area contributed by atoms with Crippen LogP contribution in [0.4, 0.5) is 4.39 Å². The van der Waals surface area contributed by atoms with Crippen LogP contribution in [0.25, 0.3) is 11.0 Å². The molecule has 0 saturated carbocycles. The lowest BCUT2D eigenvalue weighted by Gasteiger charge is -2.09. The first kappa shape index (κ1) is 13.9. The Balaban J connectivity index is 2.14. The van der Waals surface area contributed by atoms with Crippen molar-refractivity contribution in [2.45, 2.75) is 26.8 Å². The van der Waals surface area contributed by atoms with Crippen molar-refractivity contribution in [3.8, 4) is 0 Å². The van der Waals surface area contributed by atoms with Gasteiger partial charge in [-0.15, -0.1) is 0 Å². The van der Waals surface area contributed by atoms with Gasteiger partial charge in [-0.1, -0.05) is 13.0 Å². The van der Waals surface area contributed by atoms with Crippen molar-refractivity contribution < 1.29 is 4.39 Å². The van der Waals surface area contributed by atoms with E-state index in [1.807, 2.05) is 16.7 Å². The first-order chi connectivity index (χ1) is 10.1. The molecule has 3 rings (SSSR count). The van der Waals surface area contributed by atoms with Crippen molar-refractivity contribution in [1.29, 1.82) is 0 Å². The number of aryl methyl sites for hydroxylation is 2. The van der Waals surface area contributed by atoms with Gasteiger partial charge in [-0.05, 0) is 54.9 Å². The monoisotopic (exact) mass is 301 g/mol. The van der Waals surface area contributed by atoms with Crippen LogP contribution in [0.2, 0.25) is 0 Å². The summed E-state index contributed by atoms with van der Waals surface area (Å²) < 4.78 is 16.2. The standard InChI is InChI=1S/C16H16FN3S/c1-3-11-5-4-6-18-14(11)9-20-15-7-10(2)12(17)8-13(15)19-16(20)21/h4-8H,3,9H2,1-2H3,(H,19,21). The van der Waals surface area contributed by atoms with Crippen LogP contribution < -0.4 is 0 Å². The first-order valence-electron chi connectivity index (χ1n) is 6.91. The van der Waals surface area contributed by atoms with E-state index in [9.17, 15) is 4.39 Å². The molecule has 5 heteroatoms. The molecule has 0 aliphatic heterocycles. The number of benzene rings is 1. The molecule has 0 atom stereocenters. The highest BCUT2D eigenvalue weighted by molar-refractivity contribution is 7.71. The summed E-state index contributed by atoms with van der Waals surface area (Å²) in [6, 6.07) is 7.34. The normalized spacial score (nSPS) is 11.2. The van der Waals surface area contributed by atoms with E-state index >= 15 is 0 Å². The Morgan fingerprint density at radius 2 is 2.19 bits per heavy atom. The molecule has 0 aliphatic carbocycles. The molecule has 1 aromatic carbocycles. The second kappa shape index (κ2) is 5.41. The molecule has 21 heavy (non-hydrogen) atoms. The van der Waals surface area contributed by atoms with Crippen molar-refractivity contribution in [2.75, 3.05) is 0 Å². The smallest absolute Gasteiger partial charge is 0.178 e. The van der Waals surface area contributed by atoms with Gasteiger partial charge in [0.1, 0.15) is 5.82 Å². The van der Waals surface area contributed by atoms with Gasteiger partial charge in [-0.2, -0.15) is 0 Å². The molecule has 2 heterocycles. The first-order valence-corrected chi connectivity index (χ1v) is 7.32. The van der Waals surface area contributed by atoms with E-state index in [4.69, 9.17) is 12.2 Å². The lowest BCUT2D eigenvalue weighted by molar-refractivity contribution is 0.620. The number of hydrogen-bond donors (Lipinski definition) is 1. The third kappa shape index (κ3) is 2.49. The zero-order chi connectivity index (χ0) is 15.0. The quantitative estimate of drug-likeness (QED) is 0.737.